The maximum absolute atomic E-state index is 13.2. The fraction of sp³-hybridized carbons (Fsp3) is 0.0833. The van der Waals surface area contributed by atoms with Crippen molar-refractivity contribution in [2.45, 2.75) is 6.92 Å². The summed E-state index contributed by atoms with van der Waals surface area (Å²) in [4.78, 5) is 26.3. The molecule has 30 heavy (non-hydrogen) atoms. The molecule has 0 fully saturated rings. The lowest BCUT2D eigenvalue weighted by atomic mass is 10.1. The lowest BCUT2D eigenvalue weighted by Crippen LogP contribution is -2.22. The second-order valence-electron chi connectivity index (χ2n) is 6.90. The number of aromatic nitrogens is 1. The smallest absolute Gasteiger partial charge is 0.262 e. The molecule has 0 aliphatic heterocycles. The standard InChI is InChI=1S/C24H19BrN2O3/c1-15-7-12-22(21(25)13-15)26-23(28)20-14-27(16-8-10-17(30-2)11-9-16)24(29)19-6-4-3-5-18(19)20/h3-14H,1-2H3,(H,26,28). The van der Waals surface area contributed by atoms with Gasteiger partial charge in [0.1, 0.15) is 5.75 Å². The third-order valence-corrected chi connectivity index (χ3v) is 5.55. The van der Waals surface area contributed by atoms with E-state index in [1.54, 1.807) is 55.8 Å². The molecular formula is C24H19BrN2O3. The summed E-state index contributed by atoms with van der Waals surface area (Å²) in [6.07, 6.45) is 1.59. The molecule has 0 spiro atoms. The quantitative estimate of drug-likeness (QED) is 0.446. The summed E-state index contributed by atoms with van der Waals surface area (Å²) >= 11 is 3.49. The number of aryl methyl sites for hydroxylation is 1. The molecule has 0 saturated carbocycles. The Morgan fingerprint density at radius 1 is 1.00 bits per heavy atom. The highest BCUT2D eigenvalue weighted by Gasteiger charge is 2.16. The van der Waals surface area contributed by atoms with Gasteiger partial charge in [0.15, 0.2) is 0 Å². The van der Waals surface area contributed by atoms with Crippen molar-refractivity contribution in [1.29, 1.82) is 0 Å². The van der Waals surface area contributed by atoms with E-state index in [-0.39, 0.29) is 11.5 Å². The molecule has 0 atom stereocenters. The predicted molar refractivity (Wildman–Crippen MR) is 123 cm³/mol. The predicted octanol–water partition coefficient (Wildman–Crippen LogP) is 5.32. The zero-order chi connectivity index (χ0) is 21.3. The van der Waals surface area contributed by atoms with Gasteiger partial charge in [0, 0.05) is 27.1 Å². The van der Waals surface area contributed by atoms with Gasteiger partial charge in [0.05, 0.1) is 18.4 Å². The van der Waals surface area contributed by atoms with Gasteiger partial charge in [-0.2, -0.15) is 0 Å². The molecule has 3 aromatic carbocycles. The first-order chi connectivity index (χ1) is 14.5. The molecule has 0 aliphatic carbocycles. The van der Waals surface area contributed by atoms with E-state index < -0.39 is 0 Å². The topological polar surface area (TPSA) is 60.3 Å². The number of ether oxygens (including phenoxy) is 1. The van der Waals surface area contributed by atoms with Crippen LogP contribution in [0.15, 0.2) is 82.2 Å². The van der Waals surface area contributed by atoms with Gasteiger partial charge >= 0.3 is 0 Å². The van der Waals surface area contributed by atoms with E-state index in [0.717, 1.165) is 10.0 Å². The van der Waals surface area contributed by atoms with Crippen molar-refractivity contribution in [3.05, 3.63) is 98.9 Å². The Bertz CT molecular complexity index is 1310. The number of nitrogens with zero attached hydrogens (tertiary/aromatic N) is 1. The average molecular weight is 463 g/mol. The Hall–Kier alpha value is -3.38. The fourth-order valence-corrected chi connectivity index (χ4v) is 3.91. The molecule has 4 rings (SSSR count). The molecule has 0 radical (unpaired) electrons. The summed E-state index contributed by atoms with van der Waals surface area (Å²) < 4.78 is 7.48. The second kappa shape index (κ2) is 8.16. The molecule has 150 valence electrons. The van der Waals surface area contributed by atoms with Crippen molar-refractivity contribution in [3.63, 3.8) is 0 Å². The molecule has 1 amide bonds. The zero-order valence-corrected chi connectivity index (χ0v) is 18.1. The van der Waals surface area contributed by atoms with Gasteiger partial charge in [-0.3, -0.25) is 14.2 Å². The van der Waals surface area contributed by atoms with E-state index in [1.807, 2.05) is 31.2 Å². The van der Waals surface area contributed by atoms with Gasteiger partial charge in [-0.05, 0) is 70.9 Å². The Kier molecular flexibility index (Phi) is 5.42. The minimum atomic E-state index is -0.294. The monoisotopic (exact) mass is 462 g/mol. The minimum Gasteiger partial charge on any atom is -0.497 e. The number of carbonyl (C=O) groups excluding carboxylic acids is 1. The van der Waals surface area contributed by atoms with Crippen LogP contribution in [0.2, 0.25) is 0 Å². The normalized spacial score (nSPS) is 10.8. The van der Waals surface area contributed by atoms with Gasteiger partial charge < -0.3 is 10.1 Å². The number of pyridine rings is 1. The highest BCUT2D eigenvalue weighted by molar-refractivity contribution is 9.10. The molecule has 4 aromatic rings. The van der Waals surface area contributed by atoms with E-state index in [9.17, 15) is 9.59 Å². The summed E-state index contributed by atoms with van der Waals surface area (Å²) in [6.45, 7) is 1.98. The Labute approximate surface area is 182 Å². The zero-order valence-electron chi connectivity index (χ0n) is 16.5. The molecule has 5 nitrogen and oxygen atoms in total. The highest BCUT2D eigenvalue weighted by atomic mass is 79.9. The van der Waals surface area contributed by atoms with Gasteiger partial charge in [0.2, 0.25) is 0 Å². The Morgan fingerprint density at radius 3 is 2.37 bits per heavy atom. The van der Waals surface area contributed by atoms with Crippen molar-refractivity contribution in [3.8, 4) is 11.4 Å². The Balaban J connectivity index is 1.85. The first kappa shape index (κ1) is 19.9. The van der Waals surface area contributed by atoms with Crippen LogP contribution in [0.25, 0.3) is 16.5 Å². The molecule has 1 aromatic heterocycles. The first-order valence-corrected chi connectivity index (χ1v) is 10.1. The SMILES string of the molecule is COc1ccc(-n2cc(C(=O)Nc3ccc(C)cc3Br)c3ccccc3c2=O)cc1. The van der Waals surface area contributed by atoms with Crippen LogP contribution in [0.4, 0.5) is 5.69 Å². The van der Waals surface area contributed by atoms with E-state index in [1.165, 1.54) is 4.57 Å². The van der Waals surface area contributed by atoms with E-state index in [0.29, 0.717) is 33.5 Å². The van der Waals surface area contributed by atoms with Crippen LogP contribution in [0.1, 0.15) is 15.9 Å². The summed E-state index contributed by atoms with van der Waals surface area (Å²) in [6, 6.07) is 20.0. The van der Waals surface area contributed by atoms with Gasteiger partial charge in [-0.1, -0.05) is 24.3 Å². The van der Waals surface area contributed by atoms with Crippen LogP contribution in [-0.2, 0) is 0 Å². The molecule has 0 unspecified atom stereocenters. The first-order valence-electron chi connectivity index (χ1n) is 9.34. The minimum absolute atomic E-state index is 0.191. The van der Waals surface area contributed by atoms with E-state index >= 15 is 0 Å². The number of amides is 1. The van der Waals surface area contributed by atoms with Crippen LogP contribution in [-0.4, -0.2) is 17.6 Å². The lowest BCUT2D eigenvalue weighted by molar-refractivity contribution is 0.102. The van der Waals surface area contributed by atoms with Crippen molar-refractivity contribution < 1.29 is 9.53 Å². The molecule has 1 N–H and O–H groups in total. The molecule has 6 heteroatoms. The molecule has 0 aliphatic rings. The lowest BCUT2D eigenvalue weighted by Gasteiger charge is -2.14. The summed E-state index contributed by atoms with van der Waals surface area (Å²) in [5.41, 5.74) is 2.62. The fourth-order valence-electron chi connectivity index (χ4n) is 3.32. The summed E-state index contributed by atoms with van der Waals surface area (Å²) in [7, 11) is 1.59. The summed E-state index contributed by atoms with van der Waals surface area (Å²) in [5, 5.41) is 4.02. The van der Waals surface area contributed by atoms with Crippen LogP contribution in [0, 0.1) is 6.92 Å². The number of fused-ring (bicyclic) bond motifs is 1. The van der Waals surface area contributed by atoms with E-state index in [4.69, 9.17) is 4.74 Å². The van der Waals surface area contributed by atoms with Crippen LogP contribution in [0.3, 0.4) is 0 Å². The number of nitrogens with one attached hydrogen (secondary N) is 1. The number of anilines is 1. The molecular weight excluding hydrogens is 444 g/mol. The number of hydrogen-bond acceptors (Lipinski definition) is 3. The average Bonchev–Trinajstić information content (AvgIpc) is 2.76. The molecule has 1 heterocycles. The van der Waals surface area contributed by atoms with Gasteiger partial charge in [-0.25, -0.2) is 0 Å². The van der Waals surface area contributed by atoms with Crippen molar-refractivity contribution in [2.75, 3.05) is 12.4 Å². The highest BCUT2D eigenvalue weighted by Crippen LogP contribution is 2.25. The van der Waals surface area contributed by atoms with Crippen molar-refractivity contribution >= 4 is 38.3 Å². The largest absolute Gasteiger partial charge is 0.497 e. The second-order valence-corrected chi connectivity index (χ2v) is 7.75. The maximum Gasteiger partial charge on any atom is 0.262 e. The molecule has 0 saturated heterocycles. The third-order valence-electron chi connectivity index (χ3n) is 4.89. The number of methoxy groups -OCH3 is 1. The number of carbonyl (C=O) groups is 1. The number of benzene rings is 3. The van der Waals surface area contributed by atoms with Crippen LogP contribution >= 0.6 is 15.9 Å². The summed E-state index contributed by atoms with van der Waals surface area (Å²) in [5.74, 6) is 0.396. The Morgan fingerprint density at radius 2 is 1.70 bits per heavy atom. The van der Waals surface area contributed by atoms with Gasteiger partial charge in [0.25, 0.3) is 11.5 Å². The third kappa shape index (κ3) is 3.74. The van der Waals surface area contributed by atoms with Crippen LogP contribution < -0.4 is 15.6 Å². The van der Waals surface area contributed by atoms with Gasteiger partial charge in [-0.15, -0.1) is 0 Å². The van der Waals surface area contributed by atoms with Crippen molar-refractivity contribution in [1.82, 2.24) is 4.57 Å². The number of halogens is 1. The van der Waals surface area contributed by atoms with Crippen molar-refractivity contribution in [2.24, 2.45) is 0 Å². The molecule has 0 bridgehead atoms. The number of hydrogen-bond donors (Lipinski definition) is 1. The maximum atomic E-state index is 13.2. The van der Waals surface area contributed by atoms with Crippen LogP contribution in [0.5, 0.6) is 5.75 Å². The number of rotatable bonds is 4. The van der Waals surface area contributed by atoms with E-state index in [2.05, 4.69) is 21.2 Å².